The van der Waals surface area contributed by atoms with Crippen LogP contribution in [0.4, 0.5) is 8.78 Å². The second-order valence-corrected chi connectivity index (χ2v) is 4.12. The highest BCUT2D eigenvalue weighted by Crippen LogP contribution is 2.39. The maximum atomic E-state index is 12.1. The summed E-state index contributed by atoms with van der Waals surface area (Å²) in [6, 6.07) is 0. The zero-order valence-electron chi connectivity index (χ0n) is 6.46. The summed E-state index contributed by atoms with van der Waals surface area (Å²) in [4.78, 5) is 4.11. The summed E-state index contributed by atoms with van der Waals surface area (Å²) in [5, 5.41) is 0.900. The van der Waals surface area contributed by atoms with Gasteiger partial charge in [0.1, 0.15) is 0 Å². The summed E-state index contributed by atoms with van der Waals surface area (Å²) in [5.41, 5.74) is 0. The van der Waals surface area contributed by atoms with Gasteiger partial charge in [0.2, 0.25) is 0 Å². The third kappa shape index (κ3) is 1.35. The fourth-order valence-corrected chi connectivity index (χ4v) is 2.19. The van der Waals surface area contributed by atoms with E-state index in [4.69, 9.17) is 0 Å². The predicted octanol–water partition coefficient (Wildman–Crippen LogP) is 3.35. The van der Waals surface area contributed by atoms with E-state index < -0.39 is 6.43 Å². The first-order valence-corrected chi connectivity index (χ1v) is 4.83. The number of hydrogen-bond acceptors (Lipinski definition) is 2. The predicted molar refractivity (Wildman–Crippen MR) is 43.7 cm³/mol. The molecule has 0 amide bonds. The molecule has 1 heterocycles. The van der Waals surface area contributed by atoms with Crippen LogP contribution in [-0.2, 0) is 0 Å². The van der Waals surface area contributed by atoms with E-state index in [1.165, 1.54) is 12.6 Å². The maximum Gasteiger partial charge on any atom is 0.274 e. The summed E-state index contributed by atoms with van der Waals surface area (Å²) in [6.07, 6.45) is 2.42. The first-order valence-electron chi connectivity index (χ1n) is 4.01. The van der Waals surface area contributed by atoms with Crippen LogP contribution in [0.15, 0.2) is 6.20 Å². The van der Waals surface area contributed by atoms with Gasteiger partial charge >= 0.3 is 0 Å². The van der Waals surface area contributed by atoms with Crippen molar-refractivity contribution < 1.29 is 8.78 Å². The van der Waals surface area contributed by atoms with Gasteiger partial charge in [-0.3, -0.25) is 0 Å². The van der Waals surface area contributed by atoms with Crippen LogP contribution >= 0.6 is 11.3 Å². The van der Waals surface area contributed by atoms with Crippen molar-refractivity contribution in [2.75, 3.05) is 0 Å². The number of aromatic nitrogens is 1. The Morgan fingerprint density at radius 3 is 2.67 bits per heavy atom. The minimum Gasteiger partial charge on any atom is -0.249 e. The molecule has 66 valence electrons. The standard InChI is InChI=1S/C8H9F2NS/c9-7(10)6-4-11-8(12-6)5-2-1-3-5/h4-5,7H,1-3H2. The first-order chi connectivity index (χ1) is 5.77. The van der Waals surface area contributed by atoms with Crippen LogP contribution in [0.2, 0.25) is 0 Å². The number of hydrogen-bond donors (Lipinski definition) is 0. The second-order valence-electron chi connectivity index (χ2n) is 3.03. The molecule has 0 N–H and O–H groups in total. The summed E-state index contributed by atoms with van der Waals surface area (Å²) >= 11 is 1.16. The van der Waals surface area contributed by atoms with Gasteiger partial charge in [-0.1, -0.05) is 6.42 Å². The van der Waals surface area contributed by atoms with Crippen molar-refractivity contribution >= 4 is 11.3 Å². The summed E-state index contributed by atoms with van der Waals surface area (Å²) in [6.45, 7) is 0. The van der Waals surface area contributed by atoms with Crippen LogP contribution in [0, 0.1) is 0 Å². The highest BCUT2D eigenvalue weighted by atomic mass is 32.1. The molecule has 0 aliphatic heterocycles. The smallest absolute Gasteiger partial charge is 0.249 e. The van der Waals surface area contributed by atoms with Crippen LogP contribution < -0.4 is 0 Å². The zero-order chi connectivity index (χ0) is 8.55. The molecule has 0 atom stereocenters. The largest absolute Gasteiger partial charge is 0.274 e. The van der Waals surface area contributed by atoms with Crippen molar-refractivity contribution in [1.82, 2.24) is 4.98 Å². The molecule has 1 saturated carbocycles. The summed E-state index contributed by atoms with van der Waals surface area (Å²) < 4.78 is 24.3. The Bertz CT molecular complexity index is 268. The lowest BCUT2D eigenvalue weighted by molar-refractivity contribution is 0.155. The van der Waals surface area contributed by atoms with E-state index in [0.717, 1.165) is 29.2 Å². The van der Waals surface area contributed by atoms with Gasteiger partial charge in [0.05, 0.1) is 9.88 Å². The lowest BCUT2D eigenvalue weighted by Gasteiger charge is -2.22. The topological polar surface area (TPSA) is 12.9 Å². The summed E-state index contributed by atoms with van der Waals surface area (Å²) in [5.74, 6) is 0.475. The van der Waals surface area contributed by atoms with Crippen molar-refractivity contribution in [3.05, 3.63) is 16.1 Å². The summed E-state index contributed by atoms with van der Waals surface area (Å²) in [7, 11) is 0. The van der Waals surface area contributed by atoms with Gasteiger partial charge in [-0.05, 0) is 12.8 Å². The van der Waals surface area contributed by atoms with Crippen LogP contribution in [-0.4, -0.2) is 4.98 Å². The number of alkyl halides is 2. The molecule has 0 bridgehead atoms. The van der Waals surface area contributed by atoms with Gasteiger partial charge in [0.15, 0.2) is 0 Å². The van der Waals surface area contributed by atoms with E-state index in [1.807, 2.05) is 0 Å². The quantitative estimate of drug-likeness (QED) is 0.695. The van der Waals surface area contributed by atoms with Crippen molar-refractivity contribution in [1.29, 1.82) is 0 Å². The Labute approximate surface area is 73.4 Å². The van der Waals surface area contributed by atoms with Crippen molar-refractivity contribution in [3.63, 3.8) is 0 Å². The fraction of sp³-hybridized carbons (Fsp3) is 0.625. The average Bonchev–Trinajstić information content (AvgIpc) is 2.32. The van der Waals surface area contributed by atoms with E-state index in [1.54, 1.807) is 0 Å². The highest BCUT2D eigenvalue weighted by molar-refractivity contribution is 7.11. The Hall–Kier alpha value is -0.510. The van der Waals surface area contributed by atoms with Crippen LogP contribution in [0.5, 0.6) is 0 Å². The molecule has 0 unspecified atom stereocenters. The Balaban J connectivity index is 2.12. The zero-order valence-corrected chi connectivity index (χ0v) is 7.28. The van der Waals surface area contributed by atoms with Crippen molar-refractivity contribution in [2.24, 2.45) is 0 Å². The minimum absolute atomic E-state index is 0.108. The van der Waals surface area contributed by atoms with E-state index in [2.05, 4.69) is 4.98 Å². The molecule has 0 aromatic carbocycles. The van der Waals surface area contributed by atoms with Gasteiger partial charge in [-0.25, -0.2) is 13.8 Å². The second kappa shape index (κ2) is 3.09. The lowest BCUT2D eigenvalue weighted by atomic mass is 9.86. The molecule has 2 rings (SSSR count). The van der Waals surface area contributed by atoms with Crippen LogP contribution in [0.3, 0.4) is 0 Å². The van der Waals surface area contributed by atoms with E-state index in [-0.39, 0.29) is 4.88 Å². The average molecular weight is 189 g/mol. The maximum absolute atomic E-state index is 12.1. The number of nitrogens with zero attached hydrogens (tertiary/aromatic N) is 1. The minimum atomic E-state index is -2.35. The Kier molecular flexibility index (Phi) is 2.09. The molecule has 0 radical (unpaired) electrons. The number of thiazole rings is 1. The highest BCUT2D eigenvalue weighted by Gasteiger charge is 2.23. The molecule has 4 heteroatoms. The Morgan fingerprint density at radius 2 is 2.25 bits per heavy atom. The molecule has 1 aliphatic carbocycles. The normalized spacial score (nSPS) is 18.2. The molecule has 1 aliphatic rings. The molecule has 1 fully saturated rings. The van der Waals surface area contributed by atoms with Crippen molar-refractivity contribution in [2.45, 2.75) is 31.6 Å². The molecular weight excluding hydrogens is 180 g/mol. The third-order valence-corrected chi connectivity index (χ3v) is 3.38. The monoisotopic (exact) mass is 189 g/mol. The van der Waals surface area contributed by atoms with Crippen LogP contribution in [0.1, 0.15) is 41.5 Å². The molecule has 1 aromatic rings. The molecule has 0 saturated heterocycles. The SMILES string of the molecule is FC(F)c1cnc(C2CCC2)s1. The van der Waals surface area contributed by atoms with Gasteiger partial charge in [-0.15, -0.1) is 11.3 Å². The van der Waals surface area contributed by atoms with Gasteiger partial charge in [0, 0.05) is 12.1 Å². The molecule has 12 heavy (non-hydrogen) atoms. The molecule has 1 nitrogen and oxygen atoms in total. The third-order valence-electron chi connectivity index (χ3n) is 2.21. The van der Waals surface area contributed by atoms with Gasteiger partial charge in [-0.2, -0.15) is 0 Å². The van der Waals surface area contributed by atoms with Gasteiger partial charge in [0.25, 0.3) is 6.43 Å². The number of rotatable bonds is 2. The first kappa shape index (κ1) is 8.10. The van der Waals surface area contributed by atoms with E-state index in [0.29, 0.717) is 5.92 Å². The van der Waals surface area contributed by atoms with Gasteiger partial charge < -0.3 is 0 Å². The lowest BCUT2D eigenvalue weighted by Crippen LogP contribution is -2.07. The Morgan fingerprint density at radius 1 is 1.50 bits per heavy atom. The van der Waals surface area contributed by atoms with E-state index >= 15 is 0 Å². The fourth-order valence-electron chi connectivity index (χ4n) is 1.25. The molecular formula is C8H9F2NS. The van der Waals surface area contributed by atoms with Crippen molar-refractivity contribution in [3.8, 4) is 0 Å². The molecule has 1 aromatic heterocycles. The molecule has 0 spiro atoms. The number of halogens is 2. The van der Waals surface area contributed by atoms with Crippen LogP contribution in [0.25, 0.3) is 0 Å². The van der Waals surface area contributed by atoms with E-state index in [9.17, 15) is 8.78 Å².